The Morgan fingerprint density at radius 2 is 1.82 bits per heavy atom. The Bertz CT molecular complexity index is 611. The molecule has 0 saturated carbocycles. The highest BCUT2D eigenvalue weighted by atomic mass is 16.1. The molecular weight excluding hydrogens is 274 g/mol. The minimum atomic E-state index is -0.135. The number of hydrogen-bond donors (Lipinski definition) is 2. The monoisotopic (exact) mass is 297 g/mol. The molecule has 1 aromatic heterocycles. The molecule has 0 aliphatic heterocycles. The smallest absolute Gasteiger partial charge is 0.269 e. The molecule has 2 rings (SSSR count). The number of nitrogens with one attached hydrogen (secondary N) is 2. The fourth-order valence-electron chi connectivity index (χ4n) is 2.16. The largest absolute Gasteiger partial charge is 0.380 e. The van der Waals surface area contributed by atoms with Crippen LogP contribution in [0.15, 0.2) is 48.5 Å². The predicted molar refractivity (Wildman–Crippen MR) is 90.0 cm³/mol. The number of aromatic nitrogens is 1. The van der Waals surface area contributed by atoms with E-state index in [1.54, 1.807) is 6.07 Å². The normalized spacial score (nSPS) is 12.0. The summed E-state index contributed by atoms with van der Waals surface area (Å²) in [5.41, 5.74) is 2.36. The van der Waals surface area contributed by atoms with Crippen molar-refractivity contribution in [1.29, 1.82) is 0 Å². The lowest BCUT2D eigenvalue weighted by Crippen LogP contribution is -2.39. The zero-order chi connectivity index (χ0) is 15.9. The Labute approximate surface area is 132 Å². The van der Waals surface area contributed by atoms with Crippen molar-refractivity contribution in [1.82, 2.24) is 10.3 Å². The summed E-state index contributed by atoms with van der Waals surface area (Å²) in [5.74, 6) is 0.259. The Kier molecular flexibility index (Phi) is 5.53. The summed E-state index contributed by atoms with van der Waals surface area (Å²) in [5, 5.41) is 6.43. The molecule has 1 atom stereocenters. The number of carbonyl (C=O) groups excluding carboxylic acids is 1. The number of aryl methyl sites for hydroxylation is 1. The molecule has 1 aromatic carbocycles. The van der Waals surface area contributed by atoms with Gasteiger partial charge in [0.25, 0.3) is 5.91 Å². The Balaban J connectivity index is 1.96. The first-order valence-corrected chi connectivity index (χ1v) is 7.59. The van der Waals surface area contributed by atoms with Crippen LogP contribution in [0.2, 0.25) is 0 Å². The molecule has 0 radical (unpaired) electrons. The Hall–Kier alpha value is -2.36. The van der Waals surface area contributed by atoms with Crippen molar-refractivity contribution in [3.05, 3.63) is 59.9 Å². The second kappa shape index (κ2) is 7.59. The molecule has 0 spiro atoms. The predicted octanol–water partition coefficient (Wildman–Crippen LogP) is 3.26. The third-order valence-corrected chi connectivity index (χ3v) is 3.53. The number of carbonyl (C=O) groups is 1. The lowest BCUT2D eigenvalue weighted by molar-refractivity contribution is 0.0945. The summed E-state index contributed by atoms with van der Waals surface area (Å²) >= 11 is 0. The summed E-state index contributed by atoms with van der Waals surface area (Å²) in [6.07, 6.45) is 0. The number of nitrogens with zero attached hydrogens (tertiary/aromatic N) is 1. The Morgan fingerprint density at radius 3 is 2.45 bits per heavy atom. The number of para-hydroxylation sites is 1. The molecule has 1 unspecified atom stereocenters. The van der Waals surface area contributed by atoms with E-state index in [1.165, 1.54) is 0 Å². The van der Waals surface area contributed by atoms with E-state index in [-0.39, 0.29) is 11.9 Å². The van der Waals surface area contributed by atoms with Crippen LogP contribution in [0.1, 0.15) is 30.0 Å². The summed E-state index contributed by atoms with van der Waals surface area (Å²) in [6, 6.07) is 15.7. The first-order chi connectivity index (χ1) is 10.6. The van der Waals surface area contributed by atoms with Crippen LogP contribution in [0.4, 0.5) is 5.69 Å². The number of pyridine rings is 1. The van der Waals surface area contributed by atoms with Crippen LogP contribution < -0.4 is 10.6 Å². The van der Waals surface area contributed by atoms with E-state index in [9.17, 15) is 4.79 Å². The lowest BCUT2D eigenvalue weighted by Gasteiger charge is -2.24. The molecule has 116 valence electrons. The maximum Gasteiger partial charge on any atom is 0.269 e. The highest BCUT2D eigenvalue weighted by Gasteiger charge is 2.15. The SMILES string of the molecule is Cc1cccc(C(=O)NCC(Nc2ccccc2)C(C)C)n1. The second-order valence-corrected chi connectivity index (χ2v) is 5.74. The van der Waals surface area contributed by atoms with E-state index in [2.05, 4.69) is 29.5 Å². The number of amides is 1. The minimum absolute atomic E-state index is 0.135. The third kappa shape index (κ3) is 4.58. The molecule has 2 N–H and O–H groups in total. The molecule has 2 aromatic rings. The van der Waals surface area contributed by atoms with E-state index in [4.69, 9.17) is 0 Å². The van der Waals surface area contributed by atoms with Gasteiger partial charge in [-0.1, -0.05) is 38.1 Å². The fraction of sp³-hybridized carbons (Fsp3) is 0.333. The zero-order valence-corrected chi connectivity index (χ0v) is 13.3. The molecule has 0 saturated heterocycles. The minimum Gasteiger partial charge on any atom is -0.380 e. The van der Waals surface area contributed by atoms with Gasteiger partial charge in [-0.15, -0.1) is 0 Å². The van der Waals surface area contributed by atoms with E-state index < -0.39 is 0 Å². The molecule has 0 aliphatic carbocycles. The van der Waals surface area contributed by atoms with E-state index in [0.717, 1.165) is 11.4 Å². The second-order valence-electron chi connectivity index (χ2n) is 5.74. The van der Waals surface area contributed by atoms with Crippen LogP contribution in [-0.4, -0.2) is 23.5 Å². The van der Waals surface area contributed by atoms with Crippen LogP contribution in [0, 0.1) is 12.8 Å². The van der Waals surface area contributed by atoms with Crippen LogP contribution >= 0.6 is 0 Å². The van der Waals surface area contributed by atoms with Crippen LogP contribution in [-0.2, 0) is 0 Å². The maximum atomic E-state index is 12.2. The van der Waals surface area contributed by atoms with Gasteiger partial charge in [-0.2, -0.15) is 0 Å². The summed E-state index contributed by atoms with van der Waals surface area (Å²) < 4.78 is 0. The van der Waals surface area contributed by atoms with Crippen molar-refractivity contribution >= 4 is 11.6 Å². The van der Waals surface area contributed by atoms with E-state index >= 15 is 0 Å². The molecule has 4 nitrogen and oxygen atoms in total. The van der Waals surface area contributed by atoms with Gasteiger partial charge in [0.05, 0.1) is 0 Å². The molecule has 1 heterocycles. The van der Waals surface area contributed by atoms with Crippen molar-refractivity contribution in [3.8, 4) is 0 Å². The summed E-state index contributed by atoms with van der Waals surface area (Å²) in [6.45, 7) is 6.71. The van der Waals surface area contributed by atoms with Crippen LogP contribution in [0.3, 0.4) is 0 Å². The molecule has 1 amide bonds. The number of rotatable bonds is 6. The number of anilines is 1. The maximum absolute atomic E-state index is 12.2. The van der Waals surface area contributed by atoms with Crippen LogP contribution in [0.5, 0.6) is 0 Å². The average molecular weight is 297 g/mol. The molecule has 22 heavy (non-hydrogen) atoms. The number of benzene rings is 1. The van der Waals surface area contributed by atoms with Crippen molar-refractivity contribution in [2.24, 2.45) is 5.92 Å². The first-order valence-electron chi connectivity index (χ1n) is 7.59. The topological polar surface area (TPSA) is 54.0 Å². The van der Waals surface area contributed by atoms with Crippen molar-refractivity contribution < 1.29 is 4.79 Å². The average Bonchev–Trinajstić information content (AvgIpc) is 2.51. The van der Waals surface area contributed by atoms with Gasteiger partial charge in [-0.05, 0) is 37.1 Å². The summed E-state index contributed by atoms with van der Waals surface area (Å²) in [7, 11) is 0. The molecule has 4 heteroatoms. The van der Waals surface area contributed by atoms with E-state index in [1.807, 2.05) is 49.4 Å². The fourth-order valence-corrected chi connectivity index (χ4v) is 2.16. The highest BCUT2D eigenvalue weighted by Crippen LogP contribution is 2.12. The van der Waals surface area contributed by atoms with Gasteiger partial charge in [0, 0.05) is 24.0 Å². The van der Waals surface area contributed by atoms with Gasteiger partial charge in [-0.25, -0.2) is 4.98 Å². The molecule has 0 fully saturated rings. The lowest BCUT2D eigenvalue weighted by atomic mass is 10.0. The van der Waals surface area contributed by atoms with Gasteiger partial charge in [0.1, 0.15) is 5.69 Å². The van der Waals surface area contributed by atoms with Gasteiger partial charge >= 0.3 is 0 Å². The van der Waals surface area contributed by atoms with Gasteiger partial charge in [-0.3, -0.25) is 4.79 Å². The van der Waals surface area contributed by atoms with Gasteiger partial charge in [0.15, 0.2) is 0 Å². The van der Waals surface area contributed by atoms with E-state index in [0.29, 0.717) is 18.2 Å². The first kappa shape index (κ1) is 16.0. The number of hydrogen-bond acceptors (Lipinski definition) is 3. The van der Waals surface area contributed by atoms with Gasteiger partial charge in [0.2, 0.25) is 0 Å². The standard InChI is InChI=1S/C18H23N3O/c1-13(2)17(21-15-9-5-4-6-10-15)12-19-18(22)16-11-7-8-14(3)20-16/h4-11,13,17,21H,12H2,1-3H3,(H,19,22). The Morgan fingerprint density at radius 1 is 1.09 bits per heavy atom. The molecular formula is C18H23N3O. The van der Waals surface area contributed by atoms with Crippen molar-refractivity contribution in [3.63, 3.8) is 0 Å². The van der Waals surface area contributed by atoms with Crippen LogP contribution in [0.25, 0.3) is 0 Å². The third-order valence-electron chi connectivity index (χ3n) is 3.53. The quantitative estimate of drug-likeness (QED) is 0.860. The molecule has 0 aliphatic rings. The highest BCUT2D eigenvalue weighted by molar-refractivity contribution is 5.92. The molecule has 0 bridgehead atoms. The van der Waals surface area contributed by atoms with Gasteiger partial charge < -0.3 is 10.6 Å². The zero-order valence-electron chi connectivity index (χ0n) is 13.3. The van der Waals surface area contributed by atoms with Crippen molar-refractivity contribution in [2.45, 2.75) is 26.8 Å². The van der Waals surface area contributed by atoms with Crippen molar-refractivity contribution in [2.75, 3.05) is 11.9 Å². The summed E-state index contributed by atoms with van der Waals surface area (Å²) in [4.78, 5) is 16.4.